The monoisotopic (exact) mass is 211 g/mol. The predicted molar refractivity (Wildman–Crippen MR) is 51.9 cm³/mol. The minimum absolute atomic E-state index is 0.140. The Labute approximate surface area is 82.0 Å². The number of anilines is 1. The summed E-state index contributed by atoms with van der Waals surface area (Å²) in [5.74, 6) is 5.15. The molecule has 0 spiro atoms. The smallest absolute Gasteiger partial charge is 0.318 e. The first-order valence-corrected chi connectivity index (χ1v) is 4.33. The topological polar surface area (TPSA) is 107 Å². The standard InChI is InChI=1S/C6H5N5O2S/c7-8-4-2-1-3-5(10-14-9-3)6(4)11(12)13/h1-2,8H,7H2. The van der Waals surface area contributed by atoms with Crippen LogP contribution in [0.5, 0.6) is 0 Å². The molecule has 8 heteroatoms. The van der Waals surface area contributed by atoms with E-state index in [0.29, 0.717) is 5.52 Å². The lowest BCUT2D eigenvalue weighted by atomic mass is 10.2. The van der Waals surface area contributed by atoms with Gasteiger partial charge in [0.15, 0.2) is 5.52 Å². The molecule has 0 saturated carbocycles. The number of hydrogen-bond acceptors (Lipinski definition) is 7. The maximum absolute atomic E-state index is 10.7. The average molecular weight is 211 g/mol. The Hall–Kier alpha value is -1.80. The Balaban J connectivity index is 2.82. The number of fused-ring (bicyclic) bond motifs is 1. The van der Waals surface area contributed by atoms with Gasteiger partial charge in [-0.2, -0.15) is 8.75 Å². The van der Waals surface area contributed by atoms with Crippen LogP contribution >= 0.6 is 11.7 Å². The first-order valence-electron chi connectivity index (χ1n) is 3.60. The SMILES string of the molecule is NNc1ccc2nsnc2c1[N+](=O)[O-]. The van der Waals surface area contributed by atoms with Gasteiger partial charge in [0.1, 0.15) is 11.2 Å². The maximum Gasteiger partial charge on any atom is 0.322 e. The molecule has 0 fully saturated rings. The fourth-order valence-electron chi connectivity index (χ4n) is 1.14. The van der Waals surface area contributed by atoms with E-state index in [-0.39, 0.29) is 16.9 Å². The summed E-state index contributed by atoms with van der Waals surface area (Å²) in [7, 11) is 0. The zero-order valence-electron chi connectivity index (χ0n) is 6.80. The minimum Gasteiger partial charge on any atom is -0.318 e. The van der Waals surface area contributed by atoms with Crippen LogP contribution < -0.4 is 11.3 Å². The Bertz CT molecular complexity index is 496. The Morgan fingerprint density at radius 2 is 2.29 bits per heavy atom. The van der Waals surface area contributed by atoms with Crippen LogP contribution in [0.1, 0.15) is 0 Å². The van der Waals surface area contributed by atoms with Gasteiger partial charge in [0, 0.05) is 0 Å². The average Bonchev–Trinajstić information content (AvgIpc) is 2.62. The molecular formula is C6H5N5O2S. The summed E-state index contributed by atoms with van der Waals surface area (Å²) >= 11 is 0.931. The molecule has 3 N–H and O–H groups in total. The number of hydrogen-bond donors (Lipinski definition) is 2. The molecular weight excluding hydrogens is 206 g/mol. The fraction of sp³-hybridized carbons (Fsp3) is 0. The highest BCUT2D eigenvalue weighted by molar-refractivity contribution is 7.00. The van der Waals surface area contributed by atoms with Gasteiger partial charge in [-0.3, -0.25) is 16.0 Å². The number of aromatic nitrogens is 2. The molecule has 7 nitrogen and oxygen atoms in total. The van der Waals surface area contributed by atoms with Crippen molar-refractivity contribution < 1.29 is 4.92 Å². The van der Waals surface area contributed by atoms with E-state index in [1.807, 2.05) is 0 Å². The van der Waals surface area contributed by atoms with Gasteiger partial charge in [0.05, 0.1) is 16.7 Å². The van der Waals surface area contributed by atoms with E-state index >= 15 is 0 Å². The Morgan fingerprint density at radius 3 is 2.93 bits per heavy atom. The molecule has 72 valence electrons. The van der Waals surface area contributed by atoms with Crippen molar-refractivity contribution in [3.05, 3.63) is 22.2 Å². The number of nitrogens with two attached hydrogens (primary N) is 1. The van der Waals surface area contributed by atoms with Gasteiger partial charge in [-0.15, -0.1) is 0 Å². The molecule has 0 amide bonds. The zero-order chi connectivity index (χ0) is 10.1. The van der Waals surface area contributed by atoms with E-state index in [0.717, 1.165) is 11.7 Å². The van der Waals surface area contributed by atoms with Crippen LogP contribution in [-0.4, -0.2) is 13.7 Å². The highest BCUT2D eigenvalue weighted by Crippen LogP contribution is 2.31. The first-order chi connectivity index (χ1) is 6.74. The van der Waals surface area contributed by atoms with Crippen molar-refractivity contribution in [1.82, 2.24) is 8.75 Å². The number of benzene rings is 1. The van der Waals surface area contributed by atoms with E-state index in [2.05, 4.69) is 14.2 Å². The highest BCUT2D eigenvalue weighted by atomic mass is 32.1. The van der Waals surface area contributed by atoms with Gasteiger partial charge in [-0.25, -0.2) is 0 Å². The van der Waals surface area contributed by atoms with E-state index in [1.165, 1.54) is 6.07 Å². The molecule has 14 heavy (non-hydrogen) atoms. The Kier molecular flexibility index (Phi) is 1.98. The third-order valence-electron chi connectivity index (χ3n) is 1.74. The summed E-state index contributed by atoms with van der Waals surface area (Å²) in [5.41, 5.74) is 3.11. The lowest BCUT2D eigenvalue weighted by Gasteiger charge is -2.00. The second kappa shape index (κ2) is 3.16. The normalized spacial score (nSPS) is 10.4. The largest absolute Gasteiger partial charge is 0.322 e. The summed E-state index contributed by atoms with van der Waals surface area (Å²) < 4.78 is 7.74. The maximum atomic E-state index is 10.7. The summed E-state index contributed by atoms with van der Waals surface area (Å²) in [6.07, 6.45) is 0. The molecule has 0 atom stereocenters. The van der Waals surface area contributed by atoms with E-state index in [9.17, 15) is 10.1 Å². The van der Waals surface area contributed by atoms with Crippen molar-refractivity contribution in [2.75, 3.05) is 5.43 Å². The lowest BCUT2D eigenvalue weighted by molar-refractivity contribution is -0.382. The molecule has 1 aromatic heterocycles. The second-order valence-electron chi connectivity index (χ2n) is 2.50. The summed E-state index contributed by atoms with van der Waals surface area (Å²) in [6.45, 7) is 0. The molecule has 1 aromatic carbocycles. The number of nitro benzene ring substituents is 1. The molecule has 2 rings (SSSR count). The molecule has 0 aliphatic heterocycles. The van der Waals surface area contributed by atoms with E-state index in [1.54, 1.807) is 6.07 Å². The van der Waals surface area contributed by atoms with Gasteiger partial charge < -0.3 is 5.43 Å². The minimum atomic E-state index is -0.529. The number of rotatable bonds is 2. The lowest BCUT2D eigenvalue weighted by Crippen LogP contribution is -2.09. The van der Waals surface area contributed by atoms with Crippen molar-refractivity contribution in [2.24, 2.45) is 5.84 Å². The predicted octanol–water partition coefficient (Wildman–Crippen LogP) is 0.885. The first kappa shape index (κ1) is 8.78. The number of nitrogens with one attached hydrogen (secondary N) is 1. The molecule has 0 bridgehead atoms. The third kappa shape index (κ3) is 1.17. The summed E-state index contributed by atoms with van der Waals surface area (Å²) in [4.78, 5) is 10.2. The van der Waals surface area contributed by atoms with Crippen molar-refractivity contribution >= 4 is 34.1 Å². The van der Waals surface area contributed by atoms with Crippen LogP contribution in [0.4, 0.5) is 11.4 Å². The Morgan fingerprint density at radius 1 is 1.50 bits per heavy atom. The van der Waals surface area contributed by atoms with Crippen molar-refractivity contribution in [2.45, 2.75) is 0 Å². The van der Waals surface area contributed by atoms with Crippen LogP contribution in [0.3, 0.4) is 0 Å². The molecule has 0 aliphatic rings. The molecule has 0 radical (unpaired) electrons. The van der Waals surface area contributed by atoms with Crippen LogP contribution in [0.2, 0.25) is 0 Å². The van der Waals surface area contributed by atoms with Gasteiger partial charge in [0.2, 0.25) is 0 Å². The summed E-state index contributed by atoms with van der Waals surface area (Å²) in [6, 6.07) is 3.13. The fourth-order valence-corrected chi connectivity index (χ4v) is 1.68. The zero-order valence-corrected chi connectivity index (χ0v) is 7.61. The highest BCUT2D eigenvalue weighted by Gasteiger charge is 2.20. The van der Waals surface area contributed by atoms with Crippen LogP contribution in [0.25, 0.3) is 11.0 Å². The van der Waals surface area contributed by atoms with E-state index in [4.69, 9.17) is 5.84 Å². The number of nitrogens with zero attached hydrogens (tertiary/aromatic N) is 3. The molecule has 0 unspecified atom stereocenters. The summed E-state index contributed by atoms with van der Waals surface area (Å²) in [5, 5.41) is 10.7. The third-order valence-corrected chi connectivity index (χ3v) is 2.28. The molecule has 2 aromatic rings. The van der Waals surface area contributed by atoms with Crippen LogP contribution in [-0.2, 0) is 0 Å². The van der Waals surface area contributed by atoms with Crippen molar-refractivity contribution in [3.63, 3.8) is 0 Å². The number of nitrogen functional groups attached to an aromatic ring is 1. The molecule has 0 aliphatic carbocycles. The van der Waals surface area contributed by atoms with Gasteiger partial charge in [-0.05, 0) is 12.1 Å². The molecule has 0 saturated heterocycles. The van der Waals surface area contributed by atoms with Crippen LogP contribution in [0.15, 0.2) is 12.1 Å². The van der Waals surface area contributed by atoms with Gasteiger partial charge >= 0.3 is 5.69 Å². The molecule has 1 heterocycles. The van der Waals surface area contributed by atoms with Crippen molar-refractivity contribution in [1.29, 1.82) is 0 Å². The number of nitro groups is 1. The quantitative estimate of drug-likeness (QED) is 0.434. The van der Waals surface area contributed by atoms with Gasteiger partial charge in [-0.1, -0.05) is 0 Å². The van der Waals surface area contributed by atoms with E-state index < -0.39 is 4.92 Å². The van der Waals surface area contributed by atoms with Crippen molar-refractivity contribution in [3.8, 4) is 0 Å². The van der Waals surface area contributed by atoms with Gasteiger partial charge in [0.25, 0.3) is 0 Å². The number of hydrazine groups is 1. The van der Waals surface area contributed by atoms with Crippen LogP contribution in [0, 0.1) is 10.1 Å². The second-order valence-corrected chi connectivity index (χ2v) is 3.02.